The van der Waals surface area contributed by atoms with Crippen molar-refractivity contribution in [3.63, 3.8) is 0 Å². The first-order chi connectivity index (χ1) is 10.7. The largest absolute Gasteiger partial charge is 0.325 e. The minimum Gasteiger partial charge on any atom is -0.325 e. The molecule has 0 radical (unpaired) electrons. The number of hydrogen-bond acceptors (Lipinski definition) is 3. The smallest absolute Gasteiger partial charge is 0.238 e. The summed E-state index contributed by atoms with van der Waals surface area (Å²) >= 11 is 0. The summed E-state index contributed by atoms with van der Waals surface area (Å²) < 4.78 is 0. The maximum atomic E-state index is 12.0. The molecule has 4 nitrogen and oxygen atoms in total. The maximum Gasteiger partial charge on any atom is 0.238 e. The summed E-state index contributed by atoms with van der Waals surface area (Å²) in [5, 5.41) is 2.93. The standard InChI is InChI=1S/C18H23N3O/c1-3-15-4-6-17(7-5-15)20-18(22)14-21(2)13-10-16-8-11-19-12-9-16/h4-9,11-12H,3,10,13-14H2,1-2H3,(H,20,22). The van der Waals surface area contributed by atoms with Crippen molar-refractivity contribution in [3.05, 3.63) is 59.9 Å². The molecular formula is C18H23N3O. The summed E-state index contributed by atoms with van der Waals surface area (Å²) in [6.07, 6.45) is 5.51. The molecule has 0 bridgehead atoms. The Morgan fingerprint density at radius 3 is 2.41 bits per heavy atom. The Morgan fingerprint density at radius 1 is 1.09 bits per heavy atom. The van der Waals surface area contributed by atoms with Crippen LogP contribution < -0.4 is 5.32 Å². The molecule has 0 aliphatic heterocycles. The van der Waals surface area contributed by atoms with Crippen molar-refractivity contribution in [2.45, 2.75) is 19.8 Å². The Labute approximate surface area is 132 Å². The summed E-state index contributed by atoms with van der Waals surface area (Å²) in [5.74, 6) is 0.0153. The molecule has 22 heavy (non-hydrogen) atoms. The molecule has 2 aromatic rings. The molecule has 0 aliphatic carbocycles. The van der Waals surface area contributed by atoms with E-state index in [0.29, 0.717) is 6.54 Å². The van der Waals surface area contributed by atoms with E-state index < -0.39 is 0 Å². The van der Waals surface area contributed by atoms with Gasteiger partial charge in [0, 0.05) is 24.6 Å². The van der Waals surface area contributed by atoms with Crippen LogP contribution in [0.4, 0.5) is 5.69 Å². The van der Waals surface area contributed by atoms with Crippen LogP contribution in [0, 0.1) is 0 Å². The lowest BCUT2D eigenvalue weighted by Gasteiger charge is -2.16. The Bertz CT molecular complexity index is 581. The van der Waals surface area contributed by atoms with Crippen LogP contribution in [0.3, 0.4) is 0 Å². The first-order valence-corrected chi connectivity index (χ1v) is 7.63. The fourth-order valence-electron chi connectivity index (χ4n) is 2.22. The van der Waals surface area contributed by atoms with E-state index in [9.17, 15) is 4.79 Å². The lowest BCUT2D eigenvalue weighted by atomic mass is 10.1. The van der Waals surface area contributed by atoms with Gasteiger partial charge in [0.15, 0.2) is 0 Å². The molecule has 1 aromatic heterocycles. The van der Waals surface area contributed by atoms with Gasteiger partial charge in [0.05, 0.1) is 6.54 Å². The van der Waals surface area contributed by atoms with Crippen molar-refractivity contribution >= 4 is 11.6 Å². The zero-order valence-corrected chi connectivity index (χ0v) is 13.2. The number of anilines is 1. The Kier molecular flexibility index (Phi) is 6.10. The van der Waals surface area contributed by atoms with Gasteiger partial charge in [0.1, 0.15) is 0 Å². The molecule has 0 atom stereocenters. The number of hydrogen-bond donors (Lipinski definition) is 1. The molecule has 1 N–H and O–H groups in total. The van der Waals surface area contributed by atoms with E-state index in [1.54, 1.807) is 12.4 Å². The second kappa shape index (κ2) is 8.29. The predicted molar refractivity (Wildman–Crippen MR) is 89.9 cm³/mol. The fraction of sp³-hybridized carbons (Fsp3) is 0.333. The number of likely N-dealkylation sites (N-methyl/N-ethyl adjacent to an activating group) is 1. The van der Waals surface area contributed by atoms with Crippen LogP contribution in [0.15, 0.2) is 48.8 Å². The predicted octanol–water partition coefficient (Wildman–Crippen LogP) is 2.76. The van der Waals surface area contributed by atoms with Crippen LogP contribution in [0.5, 0.6) is 0 Å². The molecule has 2 rings (SSSR count). The molecule has 0 unspecified atom stereocenters. The van der Waals surface area contributed by atoms with Crippen molar-refractivity contribution in [2.75, 3.05) is 25.5 Å². The summed E-state index contributed by atoms with van der Waals surface area (Å²) in [4.78, 5) is 18.1. The van der Waals surface area contributed by atoms with Crippen LogP contribution >= 0.6 is 0 Å². The molecule has 116 valence electrons. The van der Waals surface area contributed by atoms with Gasteiger partial charge in [0.2, 0.25) is 5.91 Å². The lowest BCUT2D eigenvalue weighted by molar-refractivity contribution is -0.117. The summed E-state index contributed by atoms with van der Waals surface area (Å²) in [7, 11) is 1.96. The van der Waals surface area contributed by atoms with E-state index in [0.717, 1.165) is 25.1 Å². The summed E-state index contributed by atoms with van der Waals surface area (Å²) in [6.45, 7) is 3.35. The van der Waals surface area contributed by atoms with Crippen molar-refractivity contribution in [3.8, 4) is 0 Å². The normalized spacial score (nSPS) is 10.7. The Hall–Kier alpha value is -2.20. The Morgan fingerprint density at radius 2 is 1.77 bits per heavy atom. The molecule has 4 heteroatoms. The third-order valence-corrected chi connectivity index (χ3v) is 3.59. The van der Waals surface area contributed by atoms with E-state index >= 15 is 0 Å². The SMILES string of the molecule is CCc1ccc(NC(=O)CN(C)CCc2ccncc2)cc1. The minimum atomic E-state index is 0.0153. The highest BCUT2D eigenvalue weighted by atomic mass is 16.2. The van der Waals surface area contributed by atoms with Gasteiger partial charge in [-0.05, 0) is 55.3 Å². The molecule has 0 fully saturated rings. The van der Waals surface area contributed by atoms with Crippen LogP contribution in [-0.4, -0.2) is 35.9 Å². The van der Waals surface area contributed by atoms with Crippen molar-refractivity contribution in [2.24, 2.45) is 0 Å². The molecular weight excluding hydrogens is 274 g/mol. The van der Waals surface area contributed by atoms with Crippen LogP contribution in [-0.2, 0) is 17.6 Å². The van der Waals surface area contributed by atoms with Gasteiger partial charge in [0.25, 0.3) is 0 Å². The second-order valence-corrected chi connectivity index (χ2v) is 5.44. The monoisotopic (exact) mass is 297 g/mol. The number of aromatic nitrogens is 1. The Balaban J connectivity index is 1.75. The average Bonchev–Trinajstić information content (AvgIpc) is 2.54. The number of nitrogens with zero attached hydrogens (tertiary/aromatic N) is 2. The van der Waals surface area contributed by atoms with E-state index in [-0.39, 0.29) is 5.91 Å². The number of rotatable bonds is 7. The van der Waals surface area contributed by atoms with E-state index in [2.05, 4.69) is 17.2 Å². The highest BCUT2D eigenvalue weighted by molar-refractivity contribution is 5.92. The van der Waals surface area contributed by atoms with Gasteiger partial charge in [-0.3, -0.25) is 14.7 Å². The number of aryl methyl sites for hydroxylation is 1. The summed E-state index contributed by atoms with van der Waals surface area (Å²) in [5.41, 5.74) is 3.36. The van der Waals surface area contributed by atoms with Crippen LogP contribution in [0.25, 0.3) is 0 Å². The number of carbonyl (C=O) groups excluding carboxylic acids is 1. The van der Waals surface area contributed by atoms with E-state index in [1.165, 1.54) is 11.1 Å². The average molecular weight is 297 g/mol. The van der Waals surface area contributed by atoms with Gasteiger partial charge in [-0.25, -0.2) is 0 Å². The zero-order chi connectivity index (χ0) is 15.8. The van der Waals surface area contributed by atoms with Gasteiger partial charge in [-0.15, -0.1) is 0 Å². The third kappa shape index (κ3) is 5.30. The van der Waals surface area contributed by atoms with Gasteiger partial charge in [-0.2, -0.15) is 0 Å². The van der Waals surface area contributed by atoms with Crippen LogP contribution in [0.2, 0.25) is 0 Å². The minimum absolute atomic E-state index is 0.0153. The highest BCUT2D eigenvalue weighted by Crippen LogP contribution is 2.10. The maximum absolute atomic E-state index is 12.0. The van der Waals surface area contributed by atoms with Crippen molar-refractivity contribution in [1.82, 2.24) is 9.88 Å². The molecule has 0 spiro atoms. The molecule has 1 aromatic carbocycles. The number of amides is 1. The molecule has 1 amide bonds. The van der Waals surface area contributed by atoms with Crippen molar-refractivity contribution in [1.29, 1.82) is 0 Å². The number of carbonyl (C=O) groups is 1. The lowest BCUT2D eigenvalue weighted by Crippen LogP contribution is -2.31. The zero-order valence-electron chi connectivity index (χ0n) is 13.2. The quantitative estimate of drug-likeness (QED) is 0.854. The fourth-order valence-corrected chi connectivity index (χ4v) is 2.22. The van der Waals surface area contributed by atoms with E-state index in [4.69, 9.17) is 0 Å². The molecule has 1 heterocycles. The van der Waals surface area contributed by atoms with Crippen molar-refractivity contribution < 1.29 is 4.79 Å². The second-order valence-electron chi connectivity index (χ2n) is 5.44. The number of nitrogens with one attached hydrogen (secondary N) is 1. The number of pyridine rings is 1. The van der Waals surface area contributed by atoms with Crippen LogP contribution in [0.1, 0.15) is 18.1 Å². The molecule has 0 saturated heterocycles. The highest BCUT2D eigenvalue weighted by Gasteiger charge is 2.07. The summed E-state index contributed by atoms with van der Waals surface area (Å²) in [6, 6.07) is 12.0. The molecule has 0 aliphatic rings. The number of benzene rings is 1. The van der Waals surface area contributed by atoms with E-state index in [1.807, 2.05) is 48.3 Å². The van der Waals surface area contributed by atoms with Gasteiger partial charge < -0.3 is 5.32 Å². The van der Waals surface area contributed by atoms with Gasteiger partial charge >= 0.3 is 0 Å². The topological polar surface area (TPSA) is 45.2 Å². The first-order valence-electron chi connectivity index (χ1n) is 7.63. The molecule has 0 saturated carbocycles. The third-order valence-electron chi connectivity index (χ3n) is 3.59. The van der Waals surface area contributed by atoms with Gasteiger partial charge in [-0.1, -0.05) is 19.1 Å². The first kappa shape index (κ1) is 16.2.